The van der Waals surface area contributed by atoms with Gasteiger partial charge in [0.15, 0.2) is 0 Å². The number of hydrogen-bond donors (Lipinski definition) is 0. The van der Waals surface area contributed by atoms with Crippen LogP contribution in [0.5, 0.6) is 0 Å². The molecule has 0 atom stereocenters. The minimum Gasteiger partial charge on any atom is -0.342 e. The molecule has 0 saturated carbocycles. The fourth-order valence-corrected chi connectivity index (χ4v) is 4.17. The lowest BCUT2D eigenvalue weighted by Gasteiger charge is -2.39. The lowest BCUT2D eigenvalue weighted by atomic mass is 9.94. The van der Waals surface area contributed by atoms with Crippen molar-refractivity contribution in [1.29, 1.82) is 0 Å². The Morgan fingerprint density at radius 2 is 1.41 bits per heavy atom. The number of aryl methyl sites for hydroxylation is 1. The number of carbonyl (C=O) groups is 3. The van der Waals surface area contributed by atoms with Gasteiger partial charge in [-0.1, -0.05) is 32.9 Å². The van der Waals surface area contributed by atoms with Crippen molar-refractivity contribution < 1.29 is 14.4 Å². The molecule has 2 heterocycles. The van der Waals surface area contributed by atoms with E-state index in [0.717, 1.165) is 19.3 Å². The highest BCUT2D eigenvalue weighted by Gasteiger charge is 2.32. The lowest BCUT2D eigenvalue weighted by Crippen LogP contribution is -2.53. The Morgan fingerprint density at radius 3 is 1.93 bits per heavy atom. The van der Waals surface area contributed by atoms with Crippen LogP contribution in [0.25, 0.3) is 0 Å². The quantitative estimate of drug-likeness (QED) is 0.781. The van der Waals surface area contributed by atoms with Crippen LogP contribution in [-0.4, -0.2) is 71.7 Å². The van der Waals surface area contributed by atoms with Crippen molar-refractivity contribution in [2.24, 2.45) is 11.8 Å². The van der Waals surface area contributed by atoms with Crippen LogP contribution >= 0.6 is 0 Å². The van der Waals surface area contributed by atoms with Crippen molar-refractivity contribution in [2.75, 3.05) is 39.3 Å². The van der Waals surface area contributed by atoms with E-state index in [2.05, 4.69) is 6.92 Å². The number of piperidine rings is 1. The van der Waals surface area contributed by atoms with Crippen molar-refractivity contribution in [3.63, 3.8) is 0 Å². The Bertz CT molecular complexity index is 728. The third kappa shape index (κ3) is 4.98. The number of benzene rings is 1. The largest absolute Gasteiger partial charge is 0.342 e. The molecule has 0 unspecified atom stereocenters. The van der Waals surface area contributed by atoms with Gasteiger partial charge in [0, 0.05) is 56.7 Å². The summed E-state index contributed by atoms with van der Waals surface area (Å²) in [6.07, 6.45) is 2.43. The Morgan fingerprint density at radius 1 is 0.862 bits per heavy atom. The van der Waals surface area contributed by atoms with Crippen molar-refractivity contribution >= 4 is 17.7 Å². The van der Waals surface area contributed by atoms with Gasteiger partial charge in [-0.25, -0.2) is 0 Å². The monoisotopic (exact) mass is 399 g/mol. The van der Waals surface area contributed by atoms with Gasteiger partial charge >= 0.3 is 0 Å². The third-order valence-electron chi connectivity index (χ3n) is 6.14. The molecule has 3 amide bonds. The predicted molar refractivity (Wildman–Crippen MR) is 112 cm³/mol. The molecule has 0 aliphatic carbocycles. The predicted octanol–water partition coefficient (Wildman–Crippen LogP) is 2.43. The summed E-state index contributed by atoms with van der Waals surface area (Å²) in [4.78, 5) is 43.4. The number of hydrogen-bond acceptors (Lipinski definition) is 3. The highest BCUT2D eigenvalue weighted by atomic mass is 16.2. The Balaban J connectivity index is 1.48. The Labute approximate surface area is 173 Å². The van der Waals surface area contributed by atoms with Crippen LogP contribution in [0.3, 0.4) is 0 Å². The molecule has 2 saturated heterocycles. The van der Waals surface area contributed by atoms with E-state index in [0.29, 0.717) is 44.8 Å². The SMILES string of the molecule is CCc1ccc(C(=O)N2CCN(C(=O)C3CCN(C(=O)C(C)C)CC3)CC2)cc1. The van der Waals surface area contributed by atoms with Crippen LogP contribution in [-0.2, 0) is 16.0 Å². The van der Waals surface area contributed by atoms with Gasteiger partial charge < -0.3 is 14.7 Å². The van der Waals surface area contributed by atoms with E-state index < -0.39 is 0 Å². The maximum Gasteiger partial charge on any atom is 0.253 e. The molecule has 0 bridgehead atoms. The Hall–Kier alpha value is -2.37. The number of rotatable bonds is 4. The molecule has 6 nitrogen and oxygen atoms in total. The van der Waals surface area contributed by atoms with Crippen LogP contribution in [0, 0.1) is 11.8 Å². The molecule has 158 valence electrons. The van der Waals surface area contributed by atoms with E-state index in [-0.39, 0.29) is 29.6 Å². The molecular formula is C23H33N3O3. The molecule has 1 aromatic rings. The minimum atomic E-state index is -0.00458. The number of carbonyl (C=O) groups excluding carboxylic acids is 3. The maximum absolute atomic E-state index is 12.9. The summed E-state index contributed by atoms with van der Waals surface area (Å²) in [5.41, 5.74) is 1.93. The summed E-state index contributed by atoms with van der Waals surface area (Å²) in [7, 11) is 0. The summed E-state index contributed by atoms with van der Waals surface area (Å²) >= 11 is 0. The van der Waals surface area contributed by atoms with Crippen molar-refractivity contribution in [2.45, 2.75) is 40.0 Å². The van der Waals surface area contributed by atoms with Gasteiger partial charge in [-0.3, -0.25) is 14.4 Å². The first kappa shape index (κ1) is 21.3. The standard InChI is InChI=1S/C23H33N3O3/c1-4-18-5-7-19(8-6-18)22(28)25-13-15-26(16-14-25)23(29)20-9-11-24(12-10-20)21(27)17(2)3/h5-8,17,20H,4,9-16H2,1-3H3. The summed E-state index contributed by atoms with van der Waals surface area (Å²) < 4.78 is 0. The van der Waals surface area contributed by atoms with E-state index in [1.165, 1.54) is 5.56 Å². The van der Waals surface area contributed by atoms with Gasteiger partial charge in [0.2, 0.25) is 11.8 Å². The van der Waals surface area contributed by atoms with Gasteiger partial charge in [-0.05, 0) is 37.0 Å². The van der Waals surface area contributed by atoms with Gasteiger partial charge in [-0.2, -0.15) is 0 Å². The molecule has 0 aromatic heterocycles. The molecule has 2 fully saturated rings. The number of likely N-dealkylation sites (tertiary alicyclic amines) is 1. The summed E-state index contributed by atoms with van der Waals surface area (Å²) in [6.45, 7) is 9.58. The summed E-state index contributed by atoms with van der Waals surface area (Å²) in [5.74, 6) is 0.400. The number of nitrogens with zero attached hydrogens (tertiary/aromatic N) is 3. The average Bonchev–Trinajstić information content (AvgIpc) is 2.77. The molecule has 6 heteroatoms. The average molecular weight is 400 g/mol. The lowest BCUT2D eigenvalue weighted by molar-refractivity contribution is -0.143. The van der Waals surface area contributed by atoms with E-state index in [9.17, 15) is 14.4 Å². The first-order valence-electron chi connectivity index (χ1n) is 10.9. The first-order chi connectivity index (χ1) is 13.9. The molecule has 29 heavy (non-hydrogen) atoms. The van der Waals surface area contributed by atoms with Crippen molar-refractivity contribution in [1.82, 2.24) is 14.7 Å². The van der Waals surface area contributed by atoms with Crippen LogP contribution in [0.4, 0.5) is 0 Å². The highest BCUT2D eigenvalue weighted by molar-refractivity contribution is 5.94. The van der Waals surface area contributed by atoms with Crippen molar-refractivity contribution in [3.8, 4) is 0 Å². The summed E-state index contributed by atoms with van der Waals surface area (Å²) in [6, 6.07) is 7.79. The van der Waals surface area contributed by atoms with Crippen LogP contribution in [0.15, 0.2) is 24.3 Å². The zero-order chi connectivity index (χ0) is 21.0. The second-order valence-corrected chi connectivity index (χ2v) is 8.42. The second kappa shape index (κ2) is 9.42. The second-order valence-electron chi connectivity index (χ2n) is 8.42. The van der Waals surface area contributed by atoms with Crippen molar-refractivity contribution in [3.05, 3.63) is 35.4 Å². The third-order valence-corrected chi connectivity index (χ3v) is 6.14. The zero-order valence-corrected chi connectivity index (χ0v) is 17.9. The number of piperazine rings is 1. The first-order valence-corrected chi connectivity index (χ1v) is 10.9. The van der Waals surface area contributed by atoms with E-state index in [4.69, 9.17) is 0 Å². The van der Waals surface area contributed by atoms with E-state index in [1.807, 2.05) is 52.8 Å². The highest BCUT2D eigenvalue weighted by Crippen LogP contribution is 2.22. The minimum absolute atomic E-state index is 0.00458. The molecule has 1 aromatic carbocycles. The molecule has 3 rings (SSSR count). The molecular weight excluding hydrogens is 366 g/mol. The van der Waals surface area contributed by atoms with Gasteiger partial charge in [0.05, 0.1) is 0 Å². The normalized spacial score (nSPS) is 18.3. The topological polar surface area (TPSA) is 60.9 Å². The molecule has 0 N–H and O–H groups in total. The van der Waals surface area contributed by atoms with Crippen LogP contribution in [0.1, 0.15) is 49.5 Å². The molecule has 0 radical (unpaired) electrons. The maximum atomic E-state index is 12.9. The number of amides is 3. The van der Waals surface area contributed by atoms with E-state index in [1.54, 1.807) is 0 Å². The van der Waals surface area contributed by atoms with Crippen LogP contribution < -0.4 is 0 Å². The molecule has 0 spiro atoms. The van der Waals surface area contributed by atoms with Gasteiger partial charge in [0.1, 0.15) is 0 Å². The molecule has 2 aliphatic heterocycles. The zero-order valence-electron chi connectivity index (χ0n) is 17.9. The van der Waals surface area contributed by atoms with Crippen LogP contribution in [0.2, 0.25) is 0 Å². The van der Waals surface area contributed by atoms with Gasteiger partial charge in [0.25, 0.3) is 5.91 Å². The van der Waals surface area contributed by atoms with Gasteiger partial charge in [-0.15, -0.1) is 0 Å². The molecule has 2 aliphatic rings. The fourth-order valence-electron chi connectivity index (χ4n) is 4.17. The fraction of sp³-hybridized carbons (Fsp3) is 0.609. The summed E-state index contributed by atoms with van der Waals surface area (Å²) in [5, 5.41) is 0. The smallest absolute Gasteiger partial charge is 0.253 e. The Kier molecular flexibility index (Phi) is 6.93. The van der Waals surface area contributed by atoms with E-state index >= 15 is 0 Å².